The Morgan fingerprint density at radius 1 is 1.15 bits per heavy atom. The molecule has 0 aromatic heterocycles. The highest BCUT2D eigenvalue weighted by Gasteiger charge is 2.46. The first-order valence-electron chi connectivity index (χ1n) is 7.61. The molecule has 0 heterocycles. The second-order valence-corrected chi connectivity index (χ2v) is 7.70. The third-order valence-corrected chi connectivity index (χ3v) is 5.07. The second-order valence-electron chi connectivity index (χ2n) is 7.70. The van der Waals surface area contributed by atoms with Crippen LogP contribution >= 0.6 is 0 Å². The lowest BCUT2D eigenvalue weighted by atomic mass is 9.63. The zero-order chi connectivity index (χ0) is 15.2. The third-order valence-electron chi connectivity index (χ3n) is 5.07. The lowest BCUT2D eigenvalue weighted by Crippen LogP contribution is -2.50. The first kappa shape index (κ1) is 15.7. The number of nitrogens with two attached hydrogens (primary N) is 1. The molecule has 0 saturated heterocycles. The first-order chi connectivity index (χ1) is 9.05. The summed E-state index contributed by atoms with van der Waals surface area (Å²) in [7, 11) is 0. The normalized spacial score (nSPS) is 32.9. The fourth-order valence-electron chi connectivity index (χ4n) is 3.80. The molecule has 2 atom stereocenters. The summed E-state index contributed by atoms with van der Waals surface area (Å²) in [6.45, 7) is 8.85. The van der Waals surface area contributed by atoms with Gasteiger partial charge < -0.3 is 5.73 Å². The zero-order valence-electron chi connectivity index (χ0n) is 13.0. The van der Waals surface area contributed by atoms with Crippen molar-refractivity contribution in [3.05, 3.63) is 23.8 Å². The molecule has 0 amide bonds. The van der Waals surface area contributed by atoms with Gasteiger partial charge in [-0.25, -0.2) is 8.78 Å². The number of alkyl halides is 2. The van der Waals surface area contributed by atoms with Gasteiger partial charge in [0.05, 0.1) is 0 Å². The van der Waals surface area contributed by atoms with Crippen LogP contribution in [0.5, 0.6) is 0 Å². The van der Waals surface area contributed by atoms with Crippen LogP contribution in [0.2, 0.25) is 0 Å². The number of hydrogen-bond acceptors (Lipinski definition) is 1. The summed E-state index contributed by atoms with van der Waals surface area (Å²) in [6.07, 6.45) is 6.97. The monoisotopic (exact) mass is 283 g/mol. The molecule has 2 aliphatic rings. The number of rotatable bonds is 1. The molecule has 0 aromatic carbocycles. The lowest BCUT2D eigenvalue weighted by Gasteiger charge is -2.45. The Morgan fingerprint density at radius 3 is 2.20 bits per heavy atom. The maximum absolute atomic E-state index is 13.4. The summed E-state index contributed by atoms with van der Waals surface area (Å²) in [5, 5.41) is 0. The molecule has 1 nitrogen and oxygen atoms in total. The minimum atomic E-state index is -2.53. The fourth-order valence-corrected chi connectivity index (χ4v) is 3.80. The Kier molecular flexibility index (Phi) is 3.87. The molecule has 1 saturated carbocycles. The number of hydrogen-bond donors (Lipinski definition) is 1. The molecule has 20 heavy (non-hydrogen) atoms. The van der Waals surface area contributed by atoms with Gasteiger partial charge in [0.1, 0.15) is 0 Å². The molecular formula is C17H27F2N. The van der Waals surface area contributed by atoms with E-state index >= 15 is 0 Å². The molecule has 2 unspecified atom stereocenters. The summed E-state index contributed by atoms with van der Waals surface area (Å²) in [6, 6.07) is 0. The maximum Gasteiger partial charge on any atom is 0.248 e. The molecule has 3 heteroatoms. The molecule has 114 valence electrons. The summed E-state index contributed by atoms with van der Waals surface area (Å²) >= 11 is 0. The summed E-state index contributed by atoms with van der Waals surface area (Å²) in [5.74, 6) is -1.80. The third kappa shape index (κ3) is 2.98. The minimum Gasteiger partial charge on any atom is -0.322 e. The van der Waals surface area contributed by atoms with Gasteiger partial charge in [0, 0.05) is 18.4 Å². The maximum atomic E-state index is 13.4. The van der Waals surface area contributed by atoms with E-state index in [9.17, 15) is 8.78 Å². The summed E-state index contributed by atoms with van der Waals surface area (Å²) in [4.78, 5) is 0. The predicted molar refractivity (Wildman–Crippen MR) is 79.7 cm³/mol. The average Bonchev–Trinajstić information content (AvgIpc) is 2.32. The van der Waals surface area contributed by atoms with Crippen molar-refractivity contribution in [2.75, 3.05) is 0 Å². The van der Waals surface area contributed by atoms with Gasteiger partial charge in [-0.2, -0.15) is 0 Å². The predicted octanol–water partition coefficient (Wildman–Crippen LogP) is 4.69. The van der Waals surface area contributed by atoms with Crippen molar-refractivity contribution >= 4 is 0 Å². The van der Waals surface area contributed by atoms with Crippen LogP contribution in [0.1, 0.15) is 53.4 Å². The van der Waals surface area contributed by atoms with Gasteiger partial charge in [0.25, 0.3) is 0 Å². The molecule has 2 rings (SSSR count). The molecule has 0 aliphatic heterocycles. The van der Waals surface area contributed by atoms with Crippen molar-refractivity contribution in [2.45, 2.75) is 64.8 Å². The number of allylic oxidation sites excluding steroid dienone is 3. The minimum absolute atomic E-state index is 0.0859. The standard InChI is InChI=1S/C17H27F2N/c1-12-13(15(2,3)4)6-5-7-14(12)16(20)8-10-17(18,19)11-9-16/h5-7,12-13H,8-11,20H2,1-4H3. The topological polar surface area (TPSA) is 26.0 Å². The van der Waals surface area contributed by atoms with Crippen molar-refractivity contribution in [3.8, 4) is 0 Å². The quantitative estimate of drug-likeness (QED) is 0.742. The molecule has 0 radical (unpaired) electrons. The van der Waals surface area contributed by atoms with E-state index in [-0.39, 0.29) is 18.3 Å². The highest BCUT2D eigenvalue weighted by molar-refractivity contribution is 5.33. The van der Waals surface area contributed by atoms with Crippen LogP contribution in [-0.2, 0) is 0 Å². The summed E-state index contributed by atoms with van der Waals surface area (Å²) < 4.78 is 26.8. The van der Waals surface area contributed by atoms with Crippen molar-refractivity contribution in [1.29, 1.82) is 0 Å². The van der Waals surface area contributed by atoms with E-state index in [2.05, 4.69) is 45.9 Å². The largest absolute Gasteiger partial charge is 0.322 e. The Hall–Kier alpha value is -0.700. The van der Waals surface area contributed by atoms with E-state index in [0.717, 1.165) is 5.57 Å². The van der Waals surface area contributed by atoms with Gasteiger partial charge in [0.2, 0.25) is 5.92 Å². The Bertz CT molecular complexity index is 419. The van der Waals surface area contributed by atoms with Gasteiger partial charge >= 0.3 is 0 Å². The SMILES string of the molecule is CC1C(C2(N)CCC(F)(F)CC2)=CC=CC1C(C)(C)C. The Balaban J connectivity index is 2.21. The second kappa shape index (κ2) is 4.94. The lowest BCUT2D eigenvalue weighted by molar-refractivity contribution is -0.0476. The van der Waals surface area contributed by atoms with Crippen LogP contribution in [0.4, 0.5) is 8.78 Å². The molecule has 0 spiro atoms. The van der Waals surface area contributed by atoms with Crippen molar-refractivity contribution in [1.82, 2.24) is 0 Å². The Morgan fingerprint density at radius 2 is 1.70 bits per heavy atom. The van der Waals surface area contributed by atoms with Crippen LogP contribution in [0, 0.1) is 17.3 Å². The molecule has 0 aromatic rings. The molecule has 2 aliphatic carbocycles. The molecular weight excluding hydrogens is 256 g/mol. The van der Waals surface area contributed by atoms with Gasteiger partial charge in [-0.05, 0) is 35.7 Å². The van der Waals surface area contributed by atoms with Crippen LogP contribution in [0.25, 0.3) is 0 Å². The van der Waals surface area contributed by atoms with Crippen LogP contribution in [0.3, 0.4) is 0 Å². The van der Waals surface area contributed by atoms with E-state index in [4.69, 9.17) is 5.73 Å². The zero-order valence-corrected chi connectivity index (χ0v) is 13.0. The number of halogens is 2. The summed E-state index contributed by atoms with van der Waals surface area (Å²) in [5.41, 5.74) is 7.29. The van der Waals surface area contributed by atoms with Crippen molar-refractivity contribution < 1.29 is 8.78 Å². The van der Waals surface area contributed by atoms with Crippen molar-refractivity contribution in [2.24, 2.45) is 23.0 Å². The average molecular weight is 283 g/mol. The van der Waals surface area contributed by atoms with Gasteiger partial charge in [-0.3, -0.25) is 0 Å². The smallest absolute Gasteiger partial charge is 0.248 e. The molecule has 1 fully saturated rings. The molecule has 0 bridgehead atoms. The van der Waals surface area contributed by atoms with Gasteiger partial charge in [0.15, 0.2) is 0 Å². The van der Waals surface area contributed by atoms with Gasteiger partial charge in [-0.1, -0.05) is 45.9 Å². The highest BCUT2D eigenvalue weighted by Crippen LogP contribution is 2.47. The Labute approximate surface area is 121 Å². The van der Waals surface area contributed by atoms with Crippen molar-refractivity contribution in [3.63, 3.8) is 0 Å². The van der Waals surface area contributed by atoms with Gasteiger partial charge in [-0.15, -0.1) is 0 Å². The van der Waals surface area contributed by atoms with E-state index in [0.29, 0.717) is 24.7 Å². The van der Waals surface area contributed by atoms with Crippen LogP contribution in [0.15, 0.2) is 23.8 Å². The van der Waals surface area contributed by atoms with E-state index in [1.54, 1.807) is 0 Å². The van der Waals surface area contributed by atoms with E-state index in [1.165, 1.54) is 0 Å². The van der Waals surface area contributed by atoms with E-state index < -0.39 is 11.5 Å². The first-order valence-corrected chi connectivity index (χ1v) is 7.61. The molecule has 2 N–H and O–H groups in total. The highest BCUT2D eigenvalue weighted by atomic mass is 19.3. The van der Waals surface area contributed by atoms with Crippen LogP contribution < -0.4 is 5.73 Å². The fraction of sp³-hybridized carbons (Fsp3) is 0.765. The van der Waals surface area contributed by atoms with Crippen LogP contribution in [-0.4, -0.2) is 11.5 Å². The van der Waals surface area contributed by atoms with E-state index in [1.807, 2.05) is 0 Å².